The van der Waals surface area contributed by atoms with Crippen LogP contribution in [0.5, 0.6) is 5.75 Å². The molecule has 11 heteroatoms. The molecule has 3 aromatic rings. The molecule has 1 aliphatic rings. The molecule has 154 valence electrons. The Morgan fingerprint density at radius 3 is 2.62 bits per heavy atom. The Bertz CT molecular complexity index is 994. The smallest absolute Gasteiger partial charge is 0.224 e. The number of anilines is 2. The van der Waals surface area contributed by atoms with E-state index in [-0.39, 0.29) is 5.95 Å². The molecule has 3 heterocycles. The highest BCUT2D eigenvalue weighted by molar-refractivity contribution is 5.84. The molecule has 0 amide bonds. The lowest BCUT2D eigenvalue weighted by atomic mass is 10.1. The van der Waals surface area contributed by atoms with Gasteiger partial charge >= 0.3 is 0 Å². The van der Waals surface area contributed by atoms with Gasteiger partial charge in [-0.25, -0.2) is 4.98 Å². The highest BCUT2D eigenvalue weighted by Crippen LogP contribution is 2.32. The second-order valence-corrected chi connectivity index (χ2v) is 6.68. The number of nitrogens with zero attached hydrogens (tertiary/aromatic N) is 4. The van der Waals surface area contributed by atoms with Gasteiger partial charge in [-0.15, -0.1) is 0 Å². The summed E-state index contributed by atoms with van der Waals surface area (Å²) in [6.07, 6.45) is -2.92. The molecular weight excluding hydrogens is 380 g/mol. The molecule has 4 rings (SSSR count). The van der Waals surface area contributed by atoms with Crippen molar-refractivity contribution in [3.05, 3.63) is 36.2 Å². The van der Waals surface area contributed by atoms with E-state index in [1.54, 1.807) is 7.11 Å². The van der Waals surface area contributed by atoms with Crippen molar-refractivity contribution >= 4 is 22.9 Å². The van der Waals surface area contributed by atoms with Crippen molar-refractivity contribution in [3.8, 4) is 5.75 Å². The Labute approximate surface area is 165 Å². The first-order chi connectivity index (χ1) is 14.0. The number of aliphatic hydroxyl groups is 3. The SMILES string of the molecule is COc1ccc(CNc2nc(N)nc3c2ncn3[C@@H]2O[C@H](CO)[C@@H](O)[C@H]2O)cc1. The largest absolute Gasteiger partial charge is 0.497 e. The number of nitrogens with two attached hydrogens (primary N) is 1. The van der Waals surface area contributed by atoms with Gasteiger partial charge in [-0.05, 0) is 17.7 Å². The molecule has 2 aromatic heterocycles. The van der Waals surface area contributed by atoms with Crippen LogP contribution in [-0.2, 0) is 11.3 Å². The molecule has 1 saturated heterocycles. The zero-order valence-electron chi connectivity index (χ0n) is 15.6. The van der Waals surface area contributed by atoms with Gasteiger partial charge in [0, 0.05) is 6.54 Å². The third kappa shape index (κ3) is 3.56. The monoisotopic (exact) mass is 402 g/mol. The van der Waals surface area contributed by atoms with Crippen molar-refractivity contribution in [2.24, 2.45) is 0 Å². The van der Waals surface area contributed by atoms with E-state index in [1.807, 2.05) is 24.3 Å². The number of aromatic nitrogens is 4. The van der Waals surface area contributed by atoms with Crippen LogP contribution in [0, 0.1) is 0 Å². The van der Waals surface area contributed by atoms with E-state index in [9.17, 15) is 15.3 Å². The highest BCUT2D eigenvalue weighted by Gasteiger charge is 2.44. The average Bonchev–Trinajstić information content (AvgIpc) is 3.27. The van der Waals surface area contributed by atoms with Gasteiger partial charge in [0.2, 0.25) is 5.95 Å². The van der Waals surface area contributed by atoms with Gasteiger partial charge in [-0.2, -0.15) is 9.97 Å². The van der Waals surface area contributed by atoms with Crippen LogP contribution >= 0.6 is 0 Å². The minimum Gasteiger partial charge on any atom is -0.497 e. The van der Waals surface area contributed by atoms with Gasteiger partial charge in [0.15, 0.2) is 23.2 Å². The van der Waals surface area contributed by atoms with Gasteiger partial charge in [0.05, 0.1) is 20.0 Å². The molecule has 11 nitrogen and oxygen atoms in total. The number of ether oxygens (including phenoxy) is 2. The van der Waals surface area contributed by atoms with Gasteiger partial charge in [-0.1, -0.05) is 12.1 Å². The lowest BCUT2D eigenvalue weighted by Crippen LogP contribution is -2.33. The second-order valence-electron chi connectivity index (χ2n) is 6.68. The van der Waals surface area contributed by atoms with E-state index in [0.29, 0.717) is 23.5 Å². The van der Waals surface area contributed by atoms with Crippen molar-refractivity contribution in [1.29, 1.82) is 0 Å². The number of fused-ring (bicyclic) bond motifs is 1. The highest BCUT2D eigenvalue weighted by atomic mass is 16.6. The zero-order valence-corrected chi connectivity index (χ0v) is 15.6. The van der Waals surface area contributed by atoms with Crippen molar-refractivity contribution in [2.75, 3.05) is 24.8 Å². The number of hydrogen-bond acceptors (Lipinski definition) is 10. The quantitative estimate of drug-likeness (QED) is 0.368. The number of rotatable bonds is 6. The molecule has 0 bridgehead atoms. The van der Waals surface area contributed by atoms with E-state index in [1.165, 1.54) is 10.9 Å². The van der Waals surface area contributed by atoms with Crippen LogP contribution in [0.2, 0.25) is 0 Å². The van der Waals surface area contributed by atoms with Crippen LogP contribution in [0.3, 0.4) is 0 Å². The molecule has 0 aliphatic carbocycles. The number of hydrogen-bond donors (Lipinski definition) is 5. The third-order valence-electron chi connectivity index (χ3n) is 4.85. The first-order valence-corrected chi connectivity index (χ1v) is 9.01. The summed E-state index contributed by atoms with van der Waals surface area (Å²) in [7, 11) is 1.61. The van der Waals surface area contributed by atoms with Crippen LogP contribution < -0.4 is 15.8 Å². The van der Waals surface area contributed by atoms with Crippen molar-refractivity contribution < 1.29 is 24.8 Å². The molecule has 1 aliphatic heterocycles. The van der Waals surface area contributed by atoms with E-state index >= 15 is 0 Å². The van der Waals surface area contributed by atoms with Gasteiger partial charge in [-0.3, -0.25) is 4.57 Å². The number of aliphatic hydroxyl groups excluding tert-OH is 3. The van der Waals surface area contributed by atoms with Gasteiger partial charge in [0.1, 0.15) is 24.1 Å². The van der Waals surface area contributed by atoms with Gasteiger partial charge < -0.3 is 35.8 Å². The number of nitrogens with one attached hydrogen (secondary N) is 1. The van der Waals surface area contributed by atoms with Crippen LogP contribution in [0.1, 0.15) is 11.8 Å². The number of imidazole rings is 1. The molecule has 0 spiro atoms. The van der Waals surface area contributed by atoms with E-state index < -0.39 is 31.1 Å². The van der Waals surface area contributed by atoms with Crippen molar-refractivity contribution in [1.82, 2.24) is 19.5 Å². The Balaban J connectivity index is 1.61. The first-order valence-electron chi connectivity index (χ1n) is 9.01. The van der Waals surface area contributed by atoms with Gasteiger partial charge in [0.25, 0.3) is 0 Å². The predicted octanol–water partition coefficient (Wildman–Crippen LogP) is -0.359. The third-order valence-corrected chi connectivity index (χ3v) is 4.85. The summed E-state index contributed by atoms with van der Waals surface area (Å²) in [5.74, 6) is 1.21. The molecule has 0 saturated carbocycles. The topological polar surface area (TPSA) is 161 Å². The minimum atomic E-state index is -1.25. The zero-order chi connectivity index (χ0) is 20.5. The molecule has 6 N–H and O–H groups in total. The van der Waals surface area contributed by atoms with Crippen LogP contribution in [0.25, 0.3) is 11.2 Å². The number of benzene rings is 1. The Hall–Kier alpha value is -2.99. The number of methoxy groups -OCH3 is 1. The average molecular weight is 402 g/mol. The standard InChI is InChI=1S/C18H22N6O5/c1-28-10-4-2-9(3-5-10)6-20-15-12-16(23-18(19)22-15)24(8-21-12)17-14(27)13(26)11(7-25)29-17/h2-5,8,11,13-14,17,25-27H,6-7H2,1H3,(H3,19,20,22,23)/t11-,13-,14-,17-/m1/s1. The van der Waals surface area contributed by atoms with E-state index in [4.69, 9.17) is 15.2 Å². The van der Waals surface area contributed by atoms with Crippen molar-refractivity contribution in [3.63, 3.8) is 0 Å². The summed E-state index contributed by atoms with van der Waals surface area (Å²) >= 11 is 0. The molecule has 0 unspecified atom stereocenters. The molecule has 4 atom stereocenters. The molecule has 29 heavy (non-hydrogen) atoms. The van der Waals surface area contributed by atoms with Crippen LogP contribution in [-0.4, -0.2) is 66.9 Å². The van der Waals surface area contributed by atoms with E-state index in [0.717, 1.165) is 11.3 Å². The van der Waals surface area contributed by atoms with Crippen LogP contribution in [0.15, 0.2) is 30.6 Å². The Morgan fingerprint density at radius 2 is 1.97 bits per heavy atom. The molecule has 1 fully saturated rings. The summed E-state index contributed by atoms with van der Waals surface area (Å²) < 4.78 is 12.2. The Morgan fingerprint density at radius 1 is 1.21 bits per heavy atom. The molecule has 0 radical (unpaired) electrons. The van der Waals surface area contributed by atoms with Crippen LogP contribution in [0.4, 0.5) is 11.8 Å². The second kappa shape index (κ2) is 7.79. The number of nitrogen functional groups attached to an aromatic ring is 1. The predicted molar refractivity (Wildman–Crippen MR) is 103 cm³/mol. The summed E-state index contributed by atoms with van der Waals surface area (Å²) in [6.45, 7) is 0.0450. The molecular formula is C18H22N6O5. The summed E-state index contributed by atoms with van der Waals surface area (Å²) in [6, 6.07) is 7.56. The Kier molecular flexibility index (Phi) is 5.20. The normalized spacial score (nSPS) is 24.1. The van der Waals surface area contributed by atoms with Crippen molar-refractivity contribution in [2.45, 2.75) is 31.1 Å². The summed E-state index contributed by atoms with van der Waals surface area (Å²) in [4.78, 5) is 12.7. The van der Waals surface area contributed by atoms with E-state index in [2.05, 4.69) is 20.3 Å². The summed E-state index contributed by atoms with van der Waals surface area (Å²) in [5, 5.41) is 32.8. The lowest BCUT2D eigenvalue weighted by molar-refractivity contribution is -0.0511. The first kappa shape index (κ1) is 19.3. The maximum Gasteiger partial charge on any atom is 0.224 e. The summed E-state index contributed by atoms with van der Waals surface area (Å²) in [5.41, 5.74) is 7.63. The maximum absolute atomic E-state index is 10.3. The fourth-order valence-corrected chi connectivity index (χ4v) is 3.28. The fourth-order valence-electron chi connectivity index (χ4n) is 3.28. The fraction of sp³-hybridized carbons (Fsp3) is 0.389. The maximum atomic E-state index is 10.3. The molecule has 1 aromatic carbocycles. The lowest BCUT2D eigenvalue weighted by Gasteiger charge is -2.16. The minimum absolute atomic E-state index is 0.0169.